The van der Waals surface area contributed by atoms with Crippen LogP contribution < -0.4 is 11.1 Å². The van der Waals surface area contributed by atoms with E-state index in [2.05, 4.69) is 37.3 Å². The van der Waals surface area contributed by atoms with Gasteiger partial charge in [-0.15, -0.1) is 0 Å². The molecule has 0 fully saturated rings. The third-order valence-electron chi connectivity index (χ3n) is 2.24. The highest BCUT2D eigenvalue weighted by atomic mass is 79.9. The summed E-state index contributed by atoms with van der Waals surface area (Å²) in [5, 5.41) is 12.1. The van der Waals surface area contributed by atoms with Crippen LogP contribution in [0, 0.1) is 18.3 Å². The summed E-state index contributed by atoms with van der Waals surface area (Å²) in [6, 6.07) is 9.27. The number of nitrogen functional groups attached to an aromatic ring is 1. The lowest BCUT2D eigenvalue weighted by molar-refractivity contribution is 1.12. The smallest absolute Gasteiger partial charge is 0.222 e. The Bertz CT molecular complexity index is 613. The number of hydrogen-bond acceptors (Lipinski definition) is 5. The van der Waals surface area contributed by atoms with Crippen molar-refractivity contribution < 1.29 is 0 Å². The van der Waals surface area contributed by atoms with E-state index in [1.165, 1.54) is 0 Å². The molecule has 0 unspecified atom stereocenters. The number of anilines is 3. The van der Waals surface area contributed by atoms with Crippen LogP contribution in [-0.2, 0) is 0 Å². The van der Waals surface area contributed by atoms with Gasteiger partial charge in [-0.25, -0.2) is 4.98 Å². The summed E-state index contributed by atoms with van der Waals surface area (Å²) >= 11 is 3.32. The fraction of sp³-hybridized carbons (Fsp3) is 0.0833. The molecule has 0 saturated heterocycles. The molecule has 0 aliphatic rings. The molecule has 0 radical (unpaired) electrons. The molecule has 1 heterocycles. The Labute approximate surface area is 113 Å². The van der Waals surface area contributed by atoms with Crippen LogP contribution in [0.25, 0.3) is 0 Å². The second kappa shape index (κ2) is 5.02. The van der Waals surface area contributed by atoms with Gasteiger partial charge in [0.1, 0.15) is 11.9 Å². The molecule has 0 atom stereocenters. The highest BCUT2D eigenvalue weighted by Crippen LogP contribution is 2.23. The van der Waals surface area contributed by atoms with Gasteiger partial charge in [0.15, 0.2) is 0 Å². The van der Waals surface area contributed by atoms with E-state index in [0.717, 1.165) is 10.2 Å². The van der Waals surface area contributed by atoms with E-state index < -0.39 is 0 Å². The van der Waals surface area contributed by atoms with E-state index in [9.17, 15) is 0 Å². The summed E-state index contributed by atoms with van der Waals surface area (Å²) < 4.78 is 0.850. The quantitative estimate of drug-likeness (QED) is 0.890. The SMILES string of the molecule is Cc1cc(Nc2ccc(Br)cc2C#N)nc(N)n1. The van der Waals surface area contributed by atoms with Crippen LogP contribution in [0.5, 0.6) is 0 Å². The first-order valence-electron chi connectivity index (χ1n) is 5.16. The molecule has 0 bridgehead atoms. The van der Waals surface area contributed by atoms with Crippen molar-refractivity contribution in [2.75, 3.05) is 11.1 Å². The summed E-state index contributed by atoms with van der Waals surface area (Å²) in [5.74, 6) is 0.770. The average molecular weight is 304 g/mol. The van der Waals surface area contributed by atoms with Gasteiger partial charge in [-0.3, -0.25) is 0 Å². The Morgan fingerprint density at radius 3 is 2.78 bits per heavy atom. The molecule has 18 heavy (non-hydrogen) atoms. The standard InChI is InChI=1S/C12H10BrN5/c1-7-4-11(18-12(15)16-7)17-10-3-2-9(13)5-8(10)6-14/h2-5H,1H3,(H3,15,16,17,18). The summed E-state index contributed by atoms with van der Waals surface area (Å²) in [6.45, 7) is 1.83. The molecule has 0 spiro atoms. The lowest BCUT2D eigenvalue weighted by Crippen LogP contribution is -2.02. The maximum Gasteiger partial charge on any atom is 0.222 e. The number of halogens is 1. The lowest BCUT2D eigenvalue weighted by atomic mass is 10.2. The number of nitrogens with two attached hydrogens (primary N) is 1. The van der Waals surface area contributed by atoms with Crippen LogP contribution in [0.2, 0.25) is 0 Å². The number of nitrogens with one attached hydrogen (secondary N) is 1. The van der Waals surface area contributed by atoms with Crippen LogP contribution in [0.15, 0.2) is 28.7 Å². The summed E-state index contributed by atoms with van der Waals surface area (Å²) in [6.07, 6.45) is 0. The maximum atomic E-state index is 9.06. The number of nitrogens with zero attached hydrogens (tertiary/aromatic N) is 3. The minimum Gasteiger partial charge on any atom is -0.368 e. The molecule has 5 nitrogen and oxygen atoms in total. The first-order valence-corrected chi connectivity index (χ1v) is 5.95. The molecule has 6 heteroatoms. The zero-order valence-corrected chi connectivity index (χ0v) is 11.2. The van der Waals surface area contributed by atoms with Gasteiger partial charge >= 0.3 is 0 Å². The van der Waals surface area contributed by atoms with E-state index in [0.29, 0.717) is 17.1 Å². The Hall–Kier alpha value is -2.13. The number of rotatable bonds is 2. The van der Waals surface area contributed by atoms with E-state index in [1.54, 1.807) is 18.2 Å². The minimum absolute atomic E-state index is 0.202. The van der Waals surface area contributed by atoms with E-state index in [4.69, 9.17) is 11.0 Å². The zero-order valence-electron chi connectivity index (χ0n) is 9.61. The molecule has 0 aliphatic carbocycles. The van der Waals surface area contributed by atoms with Gasteiger partial charge in [-0.2, -0.15) is 10.2 Å². The van der Waals surface area contributed by atoms with Crippen molar-refractivity contribution in [3.8, 4) is 6.07 Å². The Kier molecular flexibility index (Phi) is 3.44. The highest BCUT2D eigenvalue weighted by molar-refractivity contribution is 9.10. The number of hydrogen-bond donors (Lipinski definition) is 2. The zero-order chi connectivity index (χ0) is 13.1. The van der Waals surface area contributed by atoms with Gasteiger partial charge in [-0.1, -0.05) is 15.9 Å². The van der Waals surface area contributed by atoms with Crippen LogP contribution in [0.3, 0.4) is 0 Å². The molecular formula is C12H10BrN5. The van der Waals surface area contributed by atoms with Crippen molar-refractivity contribution in [2.24, 2.45) is 0 Å². The van der Waals surface area contributed by atoms with Crippen LogP contribution >= 0.6 is 15.9 Å². The maximum absolute atomic E-state index is 9.06. The van der Waals surface area contributed by atoms with Gasteiger partial charge in [0.25, 0.3) is 0 Å². The largest absolute Gasteiger partial charge is 0.368 e. The van der Waals surface area contributed by atoms with E-state index in [1.807, 2.05) is 13.0 Å². The average Bonchev–Trinajstić information content (AvgIpc) is 2.30. The van der Waals surface area contributed by atoms with E-state index >= 15 is 0 Å². The van der Waals surface area contributed by atoms with Gasteiger partial charge < -0.3 is 11.1 Å². The highest BCUT2D eigenvalue weighted by Gasteiger charge is 2.05. The number of nitriles is 1. The van der Waals surface area contributed by atoms with Crippen molar-refractivity contribution in [1.29, 1.82) is 5.26 Å². The Morgan fingerprint density at radius 2 is 2.11 bits per heavy atom. The fourth-order valence-corrected chi connectivity index (χ4v) is 1.87. The monoisotopic (exact) mass is 303 g/mol. The van der Waals surface area contributed by atoms with Gasteiger partial charge in [0, 0.05) is 16.2 Å². The first-order chi connectivity index (χ1) is 8.58. The normalized spacial score (nSPS) is 9.83. The van der Waals surface area contributed by atoms with E-state index in [-0.39, 0.29) is 5.95 Å². The van der Waals surface area contributed by atoms with Crippen molar-refractivity contribution >= 4 is 33.4 Å². The molecule has 2 aromatic rings. The van der Waals surface area contributed by atoms with Crippen molar-refractivity contribution in [1.82, 2.24) is 9.97 Å². The van der Waals surface area contributed by atoms with Crippen molar-refractivity contribution in [3.05, 3.63) is 40.0 Å². The summed E-state index contributed by atoms with van der Waals surface area (Å²) in [7, 11) is 0. The number of aryl methyl sites for hydroxylation is 1. The van der Waals surface area contributed by atoms with Crippen LogP contribution in [0.4, 0.5) is 17.5 Å². The molecular weight excluding hydrogens is 294 g/mol. The number of benzene rings is 1. The molecule has 1 aromatic heterocycles. The summed E-state index contributed by atoms with van der Waals surface area (Å²) in [5.41, 5.74) is 7.54. The Balaban J connectivity index is 2.37. The third kappa shape index (κ3) is 2.76. The van der Waals surface area contributed by atoms with Crippen LogP contribution in [-0.4, -0.2) is 9.97 Å². The second-order valence-electron chi connectivity index (χ2n) is 3.68. The van der Waals surface area contributed by atoms with Crippen molar-refractivity contribution in [2.45, 2.75) is 6.92 Å². The van der Waals surface area contributed by atoms with Gasteiger partial charge in [0.2, 0.25) is 5.95 Å². The fourth-order valence-electron chi connectivity index (χ4n) is 1.51. The third-order valence-corrected chi connectivity index (χ3v) is 2.73. The van der Waals surface area contributed by atoms with Crippen molar-refractivity contribution in [3.63, 3.8) is 0 Å². The minimum atomic E-state index is 0.202. The first kappa shape index (κ1) is 12.3. The molecule has 90 valence electrons. The predicted molar refractivity (Wildman–Crippen MR) is 73.3 cm³/mol. The second-order valence-corrected chi connectivity index (χ2v) is 4.60. The number of aromatic nitrogens is 2. The molecule has 3 N–H and O–H groups in total. The predicted octanol–water partition coefficient (Wildman–Crippen LogP) is 2.75. The van der Waals surface area contributed by atoms with Gasteiger partial charge in [-0.05, 0) is 25.1 Å². The van der Waals surface area contributed by atoms with Gasteiger partial charge in [0.05, 0.1) is 11.3 Å². The van der Waals surface area contributed by atoms with Crippen LogP contribution in [0.1, 0.15) is 11.3 Å². The summed E-state index contributed by atoms with van der Waals surface area (Å²) in [4.78, 5) is 8.05. The molecule has 2 rings (SSSR count). The lowest BCUT2D eigenvalue weighted by Gasteiger charge is -2.08. The Morgan fingerprint density at radius 1 is 1.33 bits per heavy atom. The molecule has 0 saturated carbocycles. The topological polar surface area (TPSA) is 87.6 Å². The molecule has 1 aromatic carbocycles. The molecule has 0 aliphatic heterocycles. The molecule has 0 amide bonds.